The molecular formula is C12H16ClN3S. The predicted molar refractivity (Wildman–Crippen MR) is 75.0 cm³/mol. The van der Waals surface area contributed by atoms with Crippen LogP contribution in [0.15, 0.2) is 12.1 Å². The molecule has 1 aromatic carbocycles. The SMILES string of the molecule is CCCC(CC)Nc1c(Cl)ccc2nsnc12. The minimum absolute atomic E-state index is 0.449. The Hall–Kier alpha value is -0.870. The molecule has 0 saturated carbocycles. The van der Waals surface area contributed by atoms with Crippen molar-refractivity contribution < 1.29 is 0 Å². The van der Waals surface area contributed by atoms with E-state index in [1.165, 1.54) is 11.7 Å². The highest BCUT2D eigenvalue weighted by Crippen LogP contribution is 2.31. The Labute approximate surface area is 111 Å². The van der Waals surface area contributed by atoms with E-state index >= 15 is 0 Å². The minimum atomic E-state index is 0.449. The molecule has 17 heavy (non-hydrogen) atoms. The molecule has 2 aromatic rings. The van der Waals surface area contributed by atoms with Crippen LogP contribution in [0.5, 0.6) is 0 Å². The van der Waals surface area contributed by atoms with E-state index in [1.807, 2.05) is 12.1 Å². The Bertz CT molecular complexity index is 497. The van der Waals surface area contributed by atoms with E-state index in [9.17, 15) is 0 Å². The number of halogens is 1. The largest absolute Gasteiger partial charge is 0.379 e. The zero-order valence-corrected chi connectivity index (χ0v) is 11.6. The summed E-state index contributed by atoms with van der Waals surface area (Å²) in [5.41, 5.74) is 2.73. The van der Waals surface area contributed by atoms with Crippen molar-refractivity contribution in [1.82, 2.24) is 8.75 Å². The summed E-state index contributed by atoms with van der Waals surface area (Å²) in [6.45, 7) is 4.37. The molecule has 0 radical (unpaired) electrons. The number of benzene rings is 1. The number of hydrogen-bond acceptors (Lipinski definition) is 4. The Morgan fingerprint density at radius 3 is 2.88 bits per heavy atom. The number of nitrogens with zero attached hydrogens (tertiary/aromatic N) is 2. The monoisotopic (exact) mass is 269 g/mol. The van der Waals surface area contributed by atoms with Crippen LogP contribution in [0.25, 0.3) is 11.0 Å². The maximum absolute atomic E-state index is 6.24. The normalized spacial score (nSPS) is 12.9. The van der Waals surface area contributed by atoms with Crippen LogP contribution in [0.1, 0.15) is 33.1 Å². The molecule has 0 spiro atoms. The Balaban J connectivity index is 2.33. The highest BCUT2D eigenvalue weighted by Gasteiger charge is 2.13. The van der Waals surface area contributed by atoms with Gasteiger partial charge in [-0.05, 0) is 25.0 Å². The van der Waals surface area contributed by atoms with E-state index in [-0.39, 0.29) is 0 Å². The molecule has 0 amide bonds. The Morgan fingerprint density at radius 2 is 2.18 bits per heavy atom. The lowest BCUT2D eigenvalue weighted by atomic mass is 10.1. The fraction of sp³-hybridized carbons (Fsp3) is 0.500. The number of anilines is 1. The number of fused-ring (bicyclic) bond motifs is 1. The van der Waals surface area contributed by atoms with Crippen molar-refractivity contribution in [3.05, 3.63) is 17.2 Å². The second-order valence-corrected chi connectivity index (χ2v) is 5.03. The summed E-state index contributed by atoms with van der Waals surface area (Å²) in [5.74, 6) is 0. The van der Waals surface area contributed by atoms with Gasteiger partial charge >= 0.3 is 0 Å². The quantitative estimate of drug-likeness (QED) is 0.878. The highest BCUT2D eigenvalue weighted by molar-refractivity contribution is 7.00. The molecule has 0 fully saturated rings. The Morgan fingerprint density at radius 1 is 1.35 bits per heavy atom. The summed E-state index contributed by atoms with van der Waals surface area (Å²) in [4.78, 5) is 0. The van der Waals surface area contributed by atoms with Crippen LogP contribution in [0, 0.1) is 0 Å². The lowest BCUT2D eigenvalue weighted by Crippen LogP contribution is -2.18. The van der Waals surface area contributed by atoms with Crippen molar-refractivity contribution >= 4 is 40.0 Å². The summed E-state index contributed by atoms with van der Waals surface area (Å²) in [5, 5.41) is 4.22. The third-order valence-electron chi connectivity index (χ3n) is 2.86. The lowest BCUT2D eigenvalue weighted by molar-refractivity contribution is 0.623. The molecule has 1 aromatic heterocycles. The highest BCUT2D eigenvalue weighted by atomic mass is 35.5. The van der Waals surface area contributed by atoms with Crippen LogP contribution in [-0.4, -0.2) is 14.8 Å². The minimum Gasteiger partial charge on any atom is -0.379 e. The number of rotatable bonds is 5. The van der Waals surface area contributed by atoms with E-state index in [1.54, 1.807) is 0 Å². The van der Waals surface area contributed by atoms with E-state index < -0.39 is 0 Å². The van der Waals surface area contributed by atoms with Crippen LogP contribution in [0.2, 0.25) is 5.02 Å². The van der Waals surface area contributed by atoms with Gasteiger partial charge in [-0.3, -0.25) is 0 Å². The number of hydrogen-bond donors (Lipinski definition) is 1. The summed E-state index contributed by atoms with van der Waals surface area (Å²) in [7, 11) is 0. The van der Waals surface area contributed by atoms with Crippen molar-refractivity contribution in [3.8, 4) is 0 Å². The van der Waals surface area contributed by atoms with Crippen molar-refractivity contribution in [2.45, 2.75) is 39.2 Å². The van der Waals surface area contributed by atoms with Gasteiger partial charge in [0.2, 0.25) is 0 Å². The van der Waals surface area contributed by atoms with Crippen molar-refractivity contribution in [2.24, 2.45) is 0 Å². The van der Waals surface area contributed by atoms with Gasteiger partial charge in [-0.2, -0.15) is 8.75 Å². The molecule has 1 N–H and O–H groups in total. The first-order valence-electron chi connectivity index (χ1n) is 5.93. The smallest absolute Gasteiger partial charge is 0.129 e. The molecule has 1 heterocycles. The van der Waals surface area contributed by atoms with Crippen LogP contribution in [0.3, 0.4) is 0 Å². The van der Waals surface area contributed by atoms with Crippen LogP contribution in [0.4, 0.5) is 5.69 Å². The maximum Gasteiger partial charge on any atom is 0.129 e. The third-order valence-corrected chi connectivity index (χ3v) is 3.71. The molecule has 1 atom stereocenters. The van der Waals surface area contributed by atoms with Gasteiger partial charge in [0.1, 0.15) is 11.0 Å². The first kappa shape index (κ1) is 12.6. The molecule has 3 nitrogen and oxygen atoms in total. The average molecular weight is 270 g/mol. The van der Waals surface area contributed by atoms with Gasteiger partial charge in [0.05, 0.1) is 22.4 Å². The van der Waals surface area contributed by atoms with Gasteiger partial charge in [-0.1, -0.05) is 31.9 Å². The summed E-state index contributed by atoms with van der Waals surface area (Å²) in [6.07, 6.45) is 3.38. The molecule has 1 unspecified atom stereocenters. The lowest BCUT2D eigenvalue weighted by Gasteiger charge is -2.18. The van der Waals surface area contributed by atoms with Crippen LogP contribution < -0.4 is 5.32 Å². The molecule has 5 heteroatoms. The third kappa shape index (κ3) is 2.69. The second kappa shape index (κ2) is 5.65. The first-order chi connectivity index (χ1) is 8.26. The van der Waals surface area contributed by atoms with Crippen molar-refractivity contribution in [3.63, 3.8) is 0 Å². The fourth-order valence-corrected chi connectivity index (χ4v) is 2.64. The standard InChI is InChI=1S/C12H16ClN3S/c1-3-5-8(4-2)14-11-9(13)6-7-10-12(11)16-17-15-10/h6-8,14H,3-5H2,1-2H3. The predicted octanol–water partition coefficient (Wildman–Crippen LogP) is 4.34. The summed E-state index contributed by atoms with van der Waals surface area (Å²) >= 11 is 7.46. The van der Waals surface area contributed by atoms with Crippen molar-refractivity contribution in [1.29, 1.82) is 0 Å². The number of aromatic nitrogens is 2. The van der Waals surface area contributed by atoms with E-state index in [0.717, 1.165) is 41.0 Å². The number of nitrogens with one attached hydrogen (secondary N) is 1. The zero-order valence-electron chi connectivity index (χ0n) is 10.0. The molecule has 0 aliphatic carbocycles. The van der Waals surface area contributed by atoms with Gasteiger partial charge in [0, 0.05) is 6.04 Å². The molecule has 0 aliphatic heterocycles. The second-order valence-electron chi connectivity index (χ2n) is 4.09. The van der Waals surface area contributed by atoms with E-state index in [2.05, 4.69) is 27.9 Å². The average Bonchev–Trinajstić information content (AvgIpc) is 2.80. The first-order valence-corrected chi connectivity index (χ1v) is 7.04. The van der Waals surface area contributed by atoms with Gasteiger partial charge in [0.15, 0.2) is 0 Å². The van der Waals surface area contributed by atoms with Gasteiger partial charge in [-0.15, -0.1) is 0 Å². The van der Waals surface area contributed by atoms with E-state index in [4.69, 9.17) is 11.6 Å². The molecule has 0 bridgehead atoms. The van der Waals surface area contributed by atoms with Crippen LogP contribution >= 0.6 is 23.3 Å². The summed E-state index contributed by atoms with van der Waals surface area (Å²) < 4.78 is 8.54. The molecule has 92 valence electrons. The van der Waals surface area contributed by atoms with Gasteiger partial charge in [0.25, 0.3) is 0 Å². The van der Waals surface area contributed by atoms with Crippen LogP contribution in [-0.2, 0) is 0 Å². The molecule has 0 aliphatic rings. The maximum atomic E-state index is 6.24. The summed E-state index contributed by atoms with van der Waals surface area (Å²) in [6, 6.07) is 4.24. The molecule has 2 rings (SSSR count). The molecular weight excluding hydrogens is 254 g/mol. The molecule has 0 saturated heterocycles. The topological polar surface area (TPSA) is 37.8 Å². The van der Waals surface area contributed by atoms with Gasteiger partial charge in [-0.25, -0.2) is 0 Å². The van der Waals surface area contributed by atoms with Gasteiger partial charge < -0.3 is 5.32 Å². The van der Waals surface area contributed by atoms with Crippen molar-refractivity contribution in [2.75, 3.05) is 5.32 Å². The zero-order chi connectivity index (χ0) is 12.3. The Kier molecular flexibility index (Phi) is 4.18. The fourth-order valence-electron chi connectivity index (χ4n) is 1.90. The van der Waals surface area contributed by atoms with E-state index in [0.29, 0.717) is 6.04 Å².